The number of rotatable bonds is 0. The van der Waals surface area contributed by atoms with Crippen LogP contribution in [0.2, 0.25) is 0 Å². The zero-order valence-corrected chi connectivity index (χ0v) is 9.62. The zero-order chi connectivity index (χ0) is 5.98. The van der Waals surface area contributed by atoms with E-state index in [1.54, 1.807) is 0 Å². The Morgan fingerprint density at radius 2 is 1.78 bits per heavy atom. The molecule has 0 aliphatic rings. The van der Waals surface area contributed by atoms with Crippen LogP contribution in [0.4, 0.5) is 5.69 Å². The van der Waals surface area contributed by atoms with Crippen LogP contribution in [0.25, 0.3) is 0 Å². The molecular weight excluding hydrogens is 325 g/mol. The summed E-state index contributed by atoms with van der Waals surface area (Å²) in [5, 5.41) is 0. The smallest absolute Gasteiger partial charge is 0.0449 e. The molecule has 0 spiro atoms. The molecule has 0 heterocycles. The first-order chi connectivity index (χ1) is 3.80. The quantitative estimate of drug-likeness (QED) is 0.416. The van der Waals surface area contributed by atoms with Crippen LogP contribution in [-0.2, 0) is 0 Å². The summed E-state index contributed by atoms with van der Waals surface area (Å²) in [4.78, 5) is 0.840. The van der Waals surface area contributed by atoms with Gasteiger partial charge in [-0.05, 0) is 12.1 Å². The molecule has 2 N–H and O–H groups in total. The normalized spacial score (nSPS) is 8.11. The van der Waals surface area contributed by atoms with Crippen molar-refractivity contribution in [1.82, 2.24) is 0 Å². The maximum absolute atomic E-state index is 5.44. The van der Waals surface area contributed by atoms with Crippen molar-refractivity contribution in [3.05, 3.63) is 24.3 Å². The summed E-state index contributed by atoms with van der Waals surface area (Å²) in [7, 11) is 0. The Balaban J connectivity index is 0.000000640. The summed E-state index contributed by atoms with van der Waals surface area (Å²) in [6.45, 7) is 0. The van der Waals surface area contributed by atoms with Crippen molar-refractivity contribution in [3.8, 4) is 0 Å². The van der Waals surface area contributed by atoms with Crippen molar-refractivity contribution in [3.63, 3.8) is 0 Å². The van der Waals surface area contributed by atoms with Crippen molar-refractivity contribution in [2.45, 2.75) is 4.90 Å². The van der Waals surface area contributed by atoms with E-state index < -0.39 is 0 Å². The van der Waals surface area contributed by atoms with Gasteiger partial charge in [0, 0.05) is 37.9 Å². The van der Waals surface area contributed by atoms with Gasteiger partial charge in [0.1, 0.15) is 0 Å². The Morgan fingerprint density at radius 3 is 2.11 bits per heavy atom. The van der Waals surface area contributed by atoms with Gasteiger partial charge in [0.15, 0.2) is 0 Å². The van der Waals surface area contributed by atoms with E-state index in [0.717, 1.165) is 10.6 Å². The number of hydrogen-bond donors (Lipinski definition) is 2. The van der Waals surface area contributed by atoms with E-state index in [2.05, 4.69) is 12.6 Å². The van der Waals surface area contributed by atoms with Crippen LogP contribution >= 0.6 is 12.6 Å². The van der Waals surface area contributed by atoms with Crippen LogP contribution < -0.4 is 5.73 Å². The molecule has 1 nitrogen and oxygen atoms in total. The molecule has 0 saturated heterocycles. The van der Waals surface area contributed by atoms with Gasteiger partial charge in [-0.1, -0.05) is 12.1 Å². The van der Waals surface area contributed by atoms with Crippen LogP contribution in [0.5, 0.6) is 0 Å². The second-order valence-electron chi connectivity index (χ2n) is 1.56. The van der Waals surface area contributed by atoms with Crippen molar-refractivity contribution in [2.24, 2.45) is 0 Å². The van der Waals surface area contributed by atoms with Crippen molar-refractivity contribution >= 4 is 45.6 Å². The van der Waals surface area contributed by atoms with Gasteiger partial charge in [-0.15, -0.1) is 12.6 Å². The molecule has 0 atom stereocenters. The Morgan fingerprint density at radius 1 is 1.22 bits per heavy atom. The minimum atomic E-state index is 0. The summed E-state index contributed by atoms with van der Waals surface area (Å²) in [6.07, 6.45) is 0. The molecule has 46 valence electrons. The third-order valence-electron chi connectivity index (χ3n) is 0.937. The number of nitrogens with two attached hydrogens (primary N) is 1. The van der Waals surface area contributed by atoms with E-state index in [0.29, 0.717) is 0 Å². The third-order valence-corrected chi connectivity index (χ3v) is 1.34. The molecule has 0 amide bonds. The summed E-state index contributed by atoms with van der Waals surface area (Å²) < 4.78 is 0. The van der Waals surface area contributed by atoms with E-state index in [1.165, 1.54) is 0 Å². The molecule has 0 bridgehead atoms. The summed E-state index contributed by atoms with van der Waals surface area (Å²) in [5.41, 5.74) is 6.18. The van der Waals surface area contributed by atoms with Crippen molar-refractivity contribution < 1.29 is 0 Å². The van der Waals surface area contributed by atoms with Crippen LogP contribution in [0, 0.1) is 0 Å². The SMILES string of the molecule is Nc1ccccc1S.[Pb]. The first-order valence-electron chi connectivity index (χ1n) is 2.34. The van der Waals surface area contributed by atoms with Gasteiger partial charge >= 0.3 is 0 Å². The van der Waals surface area contributed by atoms with E-state index in [-0.39, 0.29) is 27.3 Å². The zero-order valence-electron chi connectivity index (χ0n) is 4.83. The molecule has 1 rings (SSSR count). The van der Waals surface area contributed by atoms with E-state index in [4.69, 9.17) is 5.73 Å². The van der Waals surface area contributed by atoms with Gasteiger partial charge in [-0.2, -0.15) is 0 Å². The van der Waals surface area contributed by atoms with Gasteiger partial charge in [-0.3, -0.25) is 0 Å². The molecule has 3 heteroatoms. The van der Waals surface area contributed by atoms with Gasteiger partial charge < -0.3 is 5.73 Å². The van der Waals surface area contributed by atoms with Gasteiger partial charge in [0.2, 0.25) is 0 Å². The predicted molar refractivity (Wildman–Crippen MR) is 43.9 cm³/mol. The third kappa shape index (κ3) is 2.57. The molecule has 0 saturated carbocycles. The minimum absolute atomic E-state index is 0. The fourth-order valence-electron chi connectivity index (χ4n) is 0.488. The molecule has 0 aromatic heterocycles. The fourth-order valence-corrected chi connectivity index (χ4v) is 0.648. The Kier molecular flexibility index (Phi) is 4.30. The van der Waals surface area contributed by atoms with Gasteiger partial charge in [0.05, 0.1) is 0 Å². The second kappa shape index (κ2) is 4.16. The molecule has 0 aliphatic heterocycles. The summed E-state index contributed by atoms with van der Waals surface area (Å²) in [5.74, 6) is 0. The maximum atomic E-state index is 5.44. The second-order valence-corrected chi connectivity index (χ2v) is 2.04. The van der Waals surface area contributed by atoms with Gasteiger partial charge in [0.25, 0.3) is 0 Å². The molecule has 0 unspecified atom stereocenters. The van der Waals surface area contributed by atoms with Crippen molar-refractivity contribution in [2.75, 3.05) is 5.73 Å². The van der Waals surface area contributed by atoms with E-state index >= 15 is 0 Å². The summed E-state index contributed by atoms with van der Waals surface area (Å²) >= 11 is 4.07. The van der Waals surface area contributed by atoms with Crippen LogP contribution in [0.1, 0.15) is 0 Å². The molecular formula is C6H7NPbS. The molecule has 0 aliphatic carbocycles. The van der Waals surface area contributed by atoms with Crippen LogP contribution in [0.15, 0.2) is 29.2 Å². The Bertz CT molecular complexity index is 169. The monoisotopic (exact) mass is 333 g/mol. The first-order valence-corrected chi connectivity index (χ1v) is 2.79. The van der Waals surface area contributed by atoms with E-state index in [9.17, 15) is 0 Å². The van der Waals surface area contributed by atoms with E-state index in [1.807, 2.05) is 24.3 Å². The fraction of sp³-hybridized carbons (Fsp3) is 0. The van der Waals surface area contributed by atoms with Crippen LogP contribution in [-0.4, -0.2) is 27.3 Å². The molecule has 9 heavy (non-hydrogen) atoms. The number of hydrogen-bond acceptors (Lipinski definition) is 2. The number of benzene rings is 1. The number of thiol groups is 1. The molecule has 1 aromatic rings. The largest absolute Gasteiger partial charge is 0.398 e. The molecule has 4 radical (unpaired) electrons. The predicted octanol–water partition coefficient (Wildman–Crippen LogP) is 1.18. The number of anilines is 1. The van der Waals surface area contributed by atoms with Crippen molar-refractivity contribution in [1.29, 1.82) is 0 Å². The standard InChI is InChI=1S/C6H7NS.Pb/c7-5-3-1-2-4-6(5)8;/h1-4,8H,7H2;. The average molecular weight is 332 g/mol. The Labute approximate surface area is 80.2 Å². The molecule has 1 aromatic carbocycles. The summed E-state index contributed by atoms with van der Waals surface area (Å²) in [6, 6.07) is 7.47. The van der Waals surface area contributed by atoms with Crippen LogP contribution in [0.3, 0.4) is 0 Å². The Hall–Kier alpha value is 0.292. The first kappa shape index (κ1) is 9.29. The van der Waals surface area contributed by atoms with Gasteiger partial charge in [-0.25, -0.2) is 0 Å². The average Bonchev–Trinajstić information content (AvgIpc) is 1.77. The molecule has 0 fully saturated rings. The minimum Gasteiger partial charge on any atom is -0.398 e. The number of nitrogen functional groups attached to an aromatic ring is 1. The topological polar surface area (TPSA) is 26.0 Å². The maximum Gasteiger partial charge on any atom is 0.0449 e. The number of para-hydroxylation sites is 1.